The summed E-state index contributed by atoms with van der Waals surface area (Å²) in [5.74, 6) is 0.125. The van der Waals surface area contributed by atoms with E-state index in [1.165, 1.54) is 0 Å². The fourth-order valence-corrected chi connectivity index (χ4v) is 0.720. The van der Waals surface area contributed by atoms with Gasteiger partial charge in [0, 0.05) is 5.57 Å². The zero-order valence-electron chi connectivity index (χ0n) is 7.93. The number of carbonyl (C=O) groups excluding carboxylic acids is 1. The van der Waals surface area contributed by atoms with E-state index in [1.807, 2.05) is 6.92 Å². The van der Waals surface area contributed by atoms with Crippen LogP contribution >= 0.6 is 0 Å². The highest BCUT2D eigenvalue weighted by Crippen LogP contribution is 2.03. The number of rotatable bonds is 5. The number of esters is 1. The molecule has 0 aliphatic carbocycles. The Bertz CT molecular complexity index is 159. The van der Waals surface area contributed by atoms with Crippen molar-refractivity contribution in [2.24, 2.45) is 5.92 Å². The van der Waals surface area contributed by atoms with Crippen molar-refractivity contribution >= 4 is 5.97 Å². The van der Waals surface area contributed by atoms with E-state index in [9.17, 15) is 4.79 Å². The third-order valence-corrected chi connectivity index (χ3v) is 1.42. The molecule has 0 aromatic rings. The fourth-order valence-electron chi connectivity index (χ4n) is 0.720. The summed E-state index contributed by atoms with van der Waals surface area (Å²) >= 11 is 0. The molecule has 0 aromatic carbocycles. The molecule has 0 aliphatic heterocycles. The van der Waals surface area contributed by atoms with E-state index in [0.717, 1.165) is 12.8 Å². The van der Waals surface area contributed by atoms with Gasteiger partial charge in [0.25, 0.3) is 0 Å². The maximum Gasteiger partial charge on any atom is 0.333 e. The van der Waals surface area contributed by atoms with Gasteiger partial charge in [-0.3, -0.25) is 0 Å². The van der Waals surface area contributed by atoms with Crippen LogP contribution in [0.3, 0.4) is 0 Å². The van der Waals surface area contributed by atoms with Gasteiger partial charge in [0.2, 0.25) is 0 Å². The Kier molecular flexibility index (Phi) is 5.43. The van der Waals surface area contributed by atoms with E-state index in [-0.39, 0.29) is 5.97 Å². The van der Waals surface area contributed by atoms with Crippen LogP contribution in [0.25, 0.3) is 0 Å². The molecule has 2 heteroatoms. The number of ether oxygens (including phenoxy) is 1. The minimum Gasteiger partial charge on any atom is -0.462 e. The molecule has 0 bridgehead atoms. The third kappa shape index (κ3) is 5.96. The van der Waals surface area contributed by atoms with Gasteiger partial charge in [-0.2, -0.15) is 0 Å². The average Bonchev–Trinajstić information content (AvgIpc) is 1.97. The Morgan fingerprint density at radius 1 is 1.58 bits per heavy atom. The quantitative estimate of drug-likeness (QED) is 0.359. The molecule has 12 heavy (non-hydrogen) atoms. The summed E-state index contributed by atoms with van der Waals surface area (Å²) in [6, 6.07) is 0. The van der Waals surface area contributed by atoms with Crippen molar-refractivity contribution in [3.63, 3.8) is 0 Å². The largest absolute Gasteiger partial charge is 0.462 e. The highest BCUT2D eigenvalue weighted by molar-refractivity contribution is 5.86. The lowest BCUT2D eigenvalue weighted by molar-refractivity contribution is -0.139. The molecule has 0 saturated carbocycles. The van der Waals surface area contributed by atoms with Crippen molar-refractivity contribution in [1.82, 2.24) is 0 Å². The second-order valence-electron chi connectivity index (χ2n) is 3.16. The van der Waals surface area contributed by atoms with Crippen LogP contribution in [-0.4, -0.2) is 12.6 Å². The Balaban J connectivity index is 3.32. The first kappa shape index (κ1) is 11.2. The normalized spacial score (nSPS) is 10.0. The van der Waals surface area contributed by atoms with Crippen molar-refractivity contribution in [1.29, 1.82) is 0 Å². The van der Waals surface area contributed by atoms with Crippen molar-refractivity contribution in [3.05, 3.63) is 19.1 Å². The Hall–Kier alpha value is -0.790. The molecule has 0 amide bonds. The molecule has 0 spiro atoms. The molecule has 1 radical (unpaired) electrons. The second-order valence-corrected chi connectivity index (χ2v) is 3.16. The molecule has 0 fully saturated rings. The van der Waals surface area contributed by atoms with E-state index in [0.29, 0.717) is 18.1 Å². The van der Waals surface area contributed by atoms with Crippen LogP contribution in [0.5, 0.6) is 0 Å². The monoisotopic (exact) mass is 169 g/mol. The van der Waals surface area contributed by atoms with Crippen LogP contribution in [0.2, 0.25) is 0 Å². The molecular weight excluding hydrogens is 152 g/mol. The average molecular weight is 169 g/mol. The first-order chi connectivity index (χ1) is 5.54. The zero-order valence-corrected chi connectivity index (χ0v) is 7.93. The van der Waals surface area contributed by atoms with Gasteiger partial charge >= 0.3 is 5.97 Å². The molecule has 0 saturated heterocycles. The van der Waals surface area contributed by atoms with Crippen molar-refractivity contribution < 1.29 is 9.53 Å². The summed E-state index contributed by atoms with van der Waals surface area (Å²) < 4.78 is 4.89. The molecule has 2 nitrogen and oxygen atoms in total. The lowest BCUT2D eigenvalue weighted by Crippen LogP contribution is -2.06. The van der Waals surface area contributed by atoms with Gasteiger partial charge in [-0.1, -0.05) is 20.4 Å². The Morgan fingerprint density at radius 3 is 2.58 bits per heavy atom. The highest BCUT2D eigenvalue weighted by atomic mass is 16.5. The lowest BCUT2D eigenvalue weighted by Gasteiger charge is -2.05. The standard InChI is InChI=1S/C10H17O2/c1-8(2)6-5-7-12-10(11)9(3)4/h8H,1,3,5-7H2,2,4H3. The summed E-state index contributed by atoms with van der Waals surface area (Å²) in [4.78, 5) is 10.9. The van der Waals surface area contributed by atoms with Gasteiger partial charge in [0.1, 0.15) is 0 Å². The van der Waals surface area contributed by atoms with Crippen molar-refractivity contribution in [3.8, 4) is 0 Å². The van der Waals surface area contributed by atoms with Gasteiger partial charge in [-0.05, 0) is 25.7 Å². The van der Waals surface area contributed by atoms with Gasteiger partial charge in [-0.25, -0.2) is 4.79 Å². The Morgan fingerprint density at radius 2 is 2.17 bits per heavy atom. The summed E-state index contributed by atoms with van der Waals surface area (Å²) in [6.45, 7) is 11.5. The van der Waals surface area contributed by atoms with Gasteiger partial charge in [0.15, 0.2) is 0 Å². The van der Waals surface area contributed by atoms with Crippen LogP contribution in [0, 0.1) is 12.8 Å². The number of hydrogen-bond donors (Lipinski definition) is 0. The SMILES string of the molecule is [CH2]C(C)CCCOC(=O)C(=C)C. The summed E-state index contributed by atoms with van der Waals surface area (Å²) in [5.41, 5.74) is 0.456. The molecule has 69 valence electrons. The van der Waals surface area contributed by atoms with Crippen LogP contribution in [0.4, 0.5) is 0 Å². The van der Waals surface area contributed by atoms with E-state index in [4.69, 9.17) is 4.74 Å². The molecular formula is C10H17O2. The minimum absolute atomic E-state index is 0.299. The molecule has 0 rings (SSSR count). The van der Waals surface area contributed by atoms with E-state index < -0.39 is 0 Å². The Labute approximate surface area is 74.6 Å². The van der Waals surface area contributed by atoms with Crippen LogP contribution in [-0.2, 0) is 9.53 Å². The minimum atomic E-state index is -0.299. The van der Waals surface area contributed by atoms with Crippen molar-refractivity contribution in [2.45, 2.75) is 26.7 Å². The molecule has 0 N–H and O–H groups in total. The number of carbonyl (C=O) groups is 1. The predicted octanol–water partition coefficient (Wildman–Crippen LogP) is 2.36. The summed E-state index contributed by atoms with van der Waals surface area (Å²) in [6.07, 6.45) is 1.87. The molecule has 1 atom stereocenters. The third-order valence-electron chi connectivity index (χ3n) is 1.42. The molecule has 0 aromatic heterocycles. The molecule has 0 heterocycles. The van der Waals surface area contributed by atoms with Crippen LogP contribution in [0.1, 0.15) is 26.7 Å². The van der Waals surface area contributed by atoms with Crippen LogP contribution < -0.4 is 0 Å². The second kappa shape index (κ2) is 5.81. The lowest BCUT2D eigenvalue weighted by atomic mass is 10.1. The molecule has 1 unspecified atom stereocenters. The van der Waals surface area contributed by atoms with Crippen molar-refractivity contribution in [2.75, 3.05) is 6.61 Å². The summed E-state index contributed by atoms with van der Waals surface area (Å²) in [7, 11) is 0. The topological polar surface area (TPSA) is 26.3 Å². The maximum atomic E-state index is 10.9. The number of hydrogen-bond acceptors (Lipinski definition) is 2. The first-order valence-electron chi connectivity index (χ1n) is 4.19. The van der Waals surface area contributed by atoms with Gasteiger partial charge in [-0.15, -0.1) is 0 Å². The summed E-state index contributed by atoms with van der Waals surface area (Å²) in [5, 5.41) is 0. The zero-order chi connectivity index (χ0) is 9.56. The van der Waals surface area contributed by atoms with Gasteiger partial charge < -0.3 is 4.74 Å². The fraction of sp³-hybridized carbons (Fsp3) is 0.600. The van der Waals surface area contributed by atoms with Crippen LogP contribution in [0.15, 0.2) is 12.2 Å². The highest BCUT2D eigenvalue weighted by Gasteiger charge is 2.02. The van der Waals surface area contributed by atoms with Gasteiger partial charge in [0.05, 0.1) is 6.61 Å². The van der Waals surface area contributed by atoms with E-state index in [2.05, 4.69) is 13.5 Å². The molecule has 0 aliphatic rings. The van der Waals surface area contributed by atoms with E-state index in [1.54, 1.807) is 6.92 Å². The van der Waals surface area contributed by atoms with E-state index >= 15 is 0 Å². The smallest absolute Gasteiger partial charge is 0.333 e. The predicted molar refractivity (Wildman–Crippen MR) is 49.5 cm³/mol. The maximum absolute atomic E-state index is 10.9. The first-order valence-corrected chi connectivity index (χ1v) is 4.19.